The highest BCUT2D eigenvalue weighted by molar-refractivity contribution is 5.93. The van der Waals surface area contributed by atoms with Crippen LogP contribution in [0.4, 0.5) is 0 Å². The number of ketones is 1. The first-order chi connectivity index (χ1) is 9.10. The van der Waals surface area contributed by atoms with Gasteiger partial charge in [0.15, 0.2) is 5.78 Å². The highest BCUT2D eigenvalue weighted by atomic mass is 16.1. The van der Waals surface area contributed by atoms with E-state index in [1.165, 1.54) is 5.56 Å². The van der Waals surface area contributed by atoms with Crippen LogP contribution in [0.15, 0.2) is 48.2 Å². The number of nitrogens with zero attached hydrogens (tertiary/aromatic N) is 2. The van der Waals surface area contributed by atoms with Crippen LogP contribution in [0.5, 0.6) is 0 Å². The predicted molar refractivity (Wildman–Crippen MR) is 76.8 cm³/mol. The van der Waals surface area contributed by atoms with Gasteiger partial charge in [-0.3, -0.25) is 9.48 Å². The molecule has 0 atom stereocenters. The van der Waals surface area contributed by atoms with Gasteiger partial charge in [0.1, 0.15) is 0 Å². The maximum absolute atomic E-state index is 11.4. The monoisotopic (exact) mass is 254 g/mol. The minimum Gasteiger partial charge on any atom is -0.295 e. The van der Waals surface area contributed by atoms with Crippen molar-refractivity contribution in [1.29, 1.82) is 0 Å². The summed E-state index contributed by atoms with van der Waals surface area (Å²) in [4.78, 5) is 11.4. The number of hydrogen-bond acceptors (Lipinski definition) is 2. The third kappa shape index (κ3) is 3.19. The molecule has 2 rings (SSSR count). The minimum absolute atomic E-state index is 0.0927. The average Bonchev–Trinajstić information content (AvgIpc) is 2.84. The van der Waals surface area contributed by atoms with Crippen LogP contribution < -0.4 is 0 Å². The van der Waals surface area contributed by atoms with E-state index in [0.29, 0.717) is 6.54 Å². The first kappa shape index (κ1) is 13.3. The molecule has 0 spiro atoms. The van der Waals surface area contributed by atoms with Crippen molar-refractivity contribution in [3.63, 3.8) is 0 Å². The van der Waals surface area contributed by atoms with E-state index >= 15 is 0 Å². The van der Waals surface area contributed by atoms with Gasteiger partial charge < -0.3 is 0 Å². The first-order valence-corrected chi connectivity index (χ1v) is 6.37. The van der Waals surface area contributed by atoms with Crippen molar-refractivity contribution in [1.82, 2.24) is 9.78 Å². The van der Waals surface area contributed by atoms with Crippen molar-refractivity contribution in [2.24, 2.45) is 0 Å². The zero-order valence-corrected chi connectivity index (χ0v) is 11.6. The number of hydrogen-bond donors (Lipinski definition) is 0. The third-order valence-corrected chi connectivity index (χ3v) is 3.09. The molecule has 3 heteroatoms. The summed E-state index contributed by atoms with van der Waals surface area (Å²) in [6, 6.07) is 10.2. The van der Waals surface area contributed by atoms with Crippen molar-refractivity contribution in [2.45, 2.75) is 27.3 Å². The Morgan fingerprint density at radius 2 is 2.16 bits per heavy atom. The fraction of sp³-hybridized carbons (Fsp3) is 0.250. The van der Waals surface area contributed by atoms with E-state index in [9.17, 15) is 4.79 Å². The molecule has 98 valence electrons. The SMILES string of the molecule is C/C=C(/Cn1ccc(-c2cccc(C)c2)n1)C(C)=O. The topological polar surface area (TPSA) is 34.9 Å². The number of benzene rings is 1. The second-order valence-corrected chi connectivity index (χ2v) is 4.64. The number of rotatable bonds is 4. The van der Waals surface area contributed by atoms with E-state index in [1.807, 2.05) is 37.4 Å². The number of aryl methyl sites for hydroxylation is 1. The van der Waals surface area contributed by atoms with E-state index in [-0.39, 0.29) is 5.78 Å². The highest BCUT2D eigenvalue weighted by Crippen LogP contribution is 2.18. The number of allylic oxidation sites excluding steroid dienone is 2. The molecule has 0 saturated heterocycles. The highest BCUT2D eigenvalue weighted by Gasteiger charge is 2.06. The Morgan fingerprint density at radius 3 is 2.79 bits per heavy atom. The Bertz CT molecular complexity index is 623. The molecule has 0 aliphatic heterocycles. The van der Waals surface area contributed by atoms with Gasteiger partial charge in [-0.1, -0.05) is 29.8 Å². The quantitative estimate of drug-likeness (QED) is 0.784. The summed E-state index contributed by atoms with van der Waals surface area (Å²) in [6.07, 6.45) is 3.75. The van der Waals surface area contributed by atoms with Crippen LogP contribution in [0.3, 0.4) is 0 Å². The molecule has 1 aromatic carbocycles. The van der Waals surface area contributed by atoms with E-state index in [4.69, 9.17) is 0 Å². The largest absolute Gasteiger partial charge is 0.295 e. The molecule has 0 amide bonds. The molecule has 2 aromatic rings. The van der Waals surface area contributed by atoms with Gasteiger partial charge in [0, 0.05) is 17.3 Å². The van der Waals surface area contributed by atoms with Gasteiger partial charge in [0.05, 0.1) is 12.2 Å². The third-order valence-electron chi connectivity index (χ3n) is 3.09. The molecule has 3 nitrogen and oxygen atoms in total. The summed E-state index contributed by atoms with van der Waals surface area (Å²) in [5, 5.41) is 4.52. The molecule has 0 N–H and O–H groups in total. The molecule has 19 heavy (non-hydrogen) atoms. The molecular weight excluding hydrogens is 236 g/mol. The fourth-order valence-electron chi connectivity index (χ4n) is 1.99. The summed E-state index contributed by atoms with van der Waals surface area (Å²) in [7, 11) is 0. The number of carbonyl (C=O) groups excluding carboxylic acids is 1. The Morgan fingerprint density at radius 1 is 1.37 bits per heavy atom. The van der Waals surface area contributed by atoms with E-state index in [1.54, 1.807) is 11.6 Å². The molecule has 0 saturated carbocycles. The lowest BCUT2D eigenvalue weighted by atomic mass is 10.1. The van der Waals surface area contributed by atoms with Crippen LogP contribution in [0.2, 0.25) is 0 Å². The van der Waals surface area contributed by atoms with Crippen molar-refractivity contribution in [2.75, 3.05) is 0 Å². The van der Waals surface area contributed by atoms with E-state index in [2.05, 4.69) is 24.2 Å². The fourth-order valence-corrected chi connectivity index (χ4v) is 1.99. The van der Waals surface area contributed by atoms with Crippen molar-refractivity contribution >= 4 is 5.78 Å². The molecule has 1 heterocycles. The van der Waals surface area contributed by atoms with Crippen LogP contribution in [0, 0.1) is 6.92 Å². The Balaban J connectivity index is 2.22. The van der Waals surface area contributed by atoms with Crippen molar-refractivity contribution in [3.8, 4) is 11.3 Å². The lowest BCUT2D eigenvalue weighted by Gasteiger charge is -2.03. The van der Waals surface area contributed by atoms with Gasteiger partial charge in [-0.2, -0.15) is 5.10 Å². The summed E-state index contributed by atoms with van der Waals surface area (Å²) in [5.74, 6) is 0.0927. The summed E-state index contributed by atoms with van der Waals surface area (Å²) >= 11 is 0. The number of aromatic nitrogens is 2. The van der Waals surface area contributed by atoms with Crippen LogP contribution >= 0.6 is 0 Å². The van der Waals surface area contributed by atoms with Gasteiger partial charge in [0.25, 0.3) is 0 Å². The van der Waals surface area contributed by atoms with Gasteiger partial charge in [0.2, 0.25) is 0 Å². The second-order valence-electron chi connectivity index (χ2n) is 4.64. The summed E-state index contributed by atoms with van der Waals surface area (Å²) in [5.41, 5.74) is 4.02. The zero-order valence-electron chi connectivity index (χ0n) is 11.6. The van der Waals surface area contributed by atoms with Crippen molar-refractivity contribution in [3.05, 3.63) is 53.7 Å². The molecule has 0 bridgehead atoms. The van der Waals surface area contributed by atoms with Crippen LogP contribution in [0.25, 0.3) is 11.3 Å². The maximum Gasteiger partial charge on any atom is 0.157 e. The maximum atomic E-state index is 11.4. The minimum atomic E-state index is 0.0927. The molecular formula is C16H18N2O. The Labute approximate surface area is 113 Å². The predicted octanol–water partition coefficient (Wildman–Crippen LogP) is 3.39. The lowest BCUT2D eigenvalue weighted by Crippen LogP contribution is -2.07. The number of Topliss-reactive ketones (excluding diaryl/α,β-unsaturated/α-hetero) is 1. The average molecular weight is 254 g/mol. The Hall–Kier alpha value is -2.16. The van der Waals surface area contributed by atoms with Gasteiger partial charge >= 0.3 is 0 Å². The summed E-state index contributed by atoms with van der Waals surface area (Å²) < 4.78 is 1.80. The molecule has 0 fully saturated rings. The lowest BCUT2D eigenvalue weighted by molar-refractivity contribution is -0.113. The smallest absolute Gasteiger partial charge is 0.157 e. The second kappa shape index (κ2) is 5.65. The zero-order chi connectivity index (χ0) is 13.8. The molecule has 0 radical (unpaired) electrons. The molecule has 1 aromatic heterocycles. The van der Waals surface area contributed by atoms with E-state index < -0.39 is 0 Å². The van der Waals surface area contributed by atoms with E-state index in [0.717, 1.165) is 16.8 Å². The number of carbonyl (C=O) groups is 1. The van der Waals surface area contributed by atoms with Gasteiger partial charge in [-0.15, -0.1) is 0 Å². The first-order valence-electron chi connectivity index (χ1n) is 6.37. The normalized spacial score (nSPS) is 11.6. The van der Waals surface area contributed by atoms with Crippen LogP contribution in [-0.2, 0) is 11.3 Å². The Kier molecular flexibility index (Phi) is 3.95. The summed E-state index contributed by atoms with van der Waals surface area (Å²) in [6.45, 7) is 6.05. The van der Waals surface area contributed by atoms with Crippen LogP contribution in [-0.4, -0.2) is 15.6 Å². The van der Waals surface area contributed by atoms with Gasteiger partial charge in [-0.05, 0) is 32.9 Å². The molecule has 0 unspecified atom stereocenters. The van der Waals surface area contributed by atoms with Crippen LogP contribution in [0.1, 0.15) is 19.4 Å². The van der Waals surface area contributed by atoms with Gasteiger partial charge in [-0.25, -0.2) is 0 Å². The molecule has 0 aliphatic rings. The standard InChI is InChI=1S/C16H18N2O/c1-4-14(13(3)19)11-18-9-8-16(17-18)15-7-5-6-12(2)10-15/h4-10H,11H2,1-3H3/b14-4-. The molecule has 0 aliphatic carbocycles. The van der Waals surface area contributed by atoms with Crippen molar-refractivity contribution < 1.29 is 4.79 Å².